The maximum Gasteiger partial charge on any atom is 0.435 e. The number of hydrogen-bond donors (Lipinski definition) is 0. The van der Waals surface area contributed by atoms with Gasteiger partial charge in [0.25, 0.3) is 0 Å². The van der Waals surface area contributed by atoms with Gasteiger partial charge in [-0.05, 0) is 63.6 Å². The Labute approximate surface area is 192 Å². The van der Waals surface area contributed by atoms with Gasteiger partial charge in [-0.15, -0.1) is 0 Å². The molecule has 0 radical (unpaired) electrons. The molecule has 1 aliphatic carbocycles. The van der Waals surface area contributed by atoms with Crippen molar-refractivity contribution in [3.8, 4) is 5.69 Å². The Morgan fingerprint density at radius 1 is 1.16 bits per heavy atom. The highest BCUT2D eigenvalue weighted by Gasteiger charge is 2.39. The lowest BCUT2D eigenvalue weighted by Gasteiger charge is -2.32. The van der Waals surface area contributed by atoms with E-state index in [4.69, 9.17) is 11.6 Å². The fourth-order valence-electron chi connectivity index (χ4n) is 4.92. The van der Waals surface area contributed by atoms with Crippen LogP contribution in [0.2, 0.25) is 5.15 Å². The van der Waals surface area contributed by atoms with Crippen molar-refractivity contribution in [3.63, 3.8) is 0 Å². The first-order valence-electron chi connectivity index (χ1n) is 11.3. The number of alkyl halides is 3. The van der Waals surface area contributed by atoms with Crippen molar-refractivity contribution in [3.05, 3.63) is 51.6 Å². The van der Waals surface area contributed by atoms with Crippen molar-refractivity contribution in [2.24, 2.45) is 5.92 Å². The lowest BCUT2D eigenvalue weighted by atomic mass is 9.85. The minimum Gasteiger partial charge on any atom is -0.297 e. The van der Waals surface area contributed by atoms with Crippen LogP contribution in [0.15, 0.2) is 18.3 Å². The first-order valence-corrected chi connectivity index (χ1v) is 11.6. The second kappa shape index (κ2) is 8.75. The monoisotopic (exact) mass is 466 g/mol. The van der Waals surface area contributed by atoms with Gasteiger partial charge in [0, 0.05) is 19.3 Å². The van der Waals surface area contributed by atoms with E-state index in [0.29, 0.717) is 11.1 Å². The highest BCUT2D eigenvalue weighted by molar-refractivity contribution is 6.30. The van der Waals surface area contributed by atoms with Gasteiger partial charge in [0.15, 0.2) is 5.69 Å². The van der Waals surface area contributed by atoms with E-state index in [1.165, 1.54) is 10.8 Å². The van der Waals surface area contributed by atoms with Crippen LogP contribution >= 0.6 is 11.6 Å². The molecule has 1 aliphatic rings. The van der Waals surface area contributed by atoms with Gasteiger partial charge >= 0.3 is 6.18 Å². The van der Waals surface area contributed by atoms with Gasteiger partial charge < -0.3 is 0 Å². The minimum atomic E-state index is -4.54. The maximum absolute atomic E-state index is 14.0. The van der Waals surface area contributed by atoms with Gasteiger partial charge in [0.2, 0.25) is 5.78 Å². The summed E-state index contributed by atoms with van der Waals surface area (Å²) in [5, 5.41) is 0.346. The third kappa shape index (κ3) is 4.29. The predicted molar refractivity (Wildman–Crippen MR) is 122 cm³/mol. The van der Waals surface area contributed by atoms with Crippen LogP contribution in [0.1, 0.15) is 60.7 Å². The zero-order valence-corrected chi connectivity index (χ0v) is 19.8. The molecule has 8 heteroatoms. The van der Waals surface area contributed by atoms with E-state index in [1.54, 1.807) is 10.8 Å². The molecule has 0 aliphatic heterocycles. The molecule has 0 amide bonds. The Balaban J connectivity index is 1.85. The summed E-state index contributed by atoms with van der Waals surface area (Å²) in [5.74, 6) is 0.776. The first kappa shape index (κ1) is 23.2. The van der Waals surface area contributed by atoms with Crippen LogP contribution in [0.4, 0.5) is 13.2 Å². The molecule has 32 heavy (non-hydrogen) atoms. The smallest absolute Gasteiger partial charge is 0.297 e. The van der Waals surface area contributed by atoms with Gasteiger partial charge in [-0.3, -0.25) is 13.9 Å². The fourth-order valence-corrected chi connectivity index (χ4v) is 5.18. The van der Waals surface area contributed by atoms with Gasteiger partial charge in [-0.1, -0.05) is 42.6 Å². The second-order valence-corrected chi connectivity index (χ2v) is 9.53. The molecular formula is C24H30ClF3N4. The summed E-state index contributed by atoms with van der Waals surface area (Å²) in [6.07, 6.45) is 1.44. The van der Waals surface area contributed by atoms with Crippen LogP contribution < -0.4 is 0 Å². The third-order valence-corrected chi connectivity index (χ3v) is 6.69. The molecule has 0 saturated heterocycles. The lowest BCUT2D eigenvalue weighted by Crippen LogP contribution is -2.33. The number of hydrogen-bond acceptors (Lipinski definition) is 2. The van der Waals surface area contributed by atoms with Gasteiger partial charge in [0.05, 0.1) is 11.4 Å². The Morgan fingerprint density at radius 2 is 1.81 bits per heavy atom. The Hall–Kier alpha value is -1.99. The second-order valence-electron chi connectivity index (χ2n) is 9.14. The van der Waals surface area contributed by atoms with E-state index in [1.807, 2.05) is 32.9 Å². The van der Waals surface area contributed by atoms with Crippen LogP contribution in [0, 0.1) is 26.7 Å². The first-order chi connectivity index (χ1) is 15.1. The Bertz CT molecular complexity index is 1100. The number of aromatic nitrogens is 3. The average Bonchev–Trinajstić information content (AvgIpc) is 3.14. The lowest BCUT2D eigenvalue weighted by molar-refractivity contribution is -0.141. The molecule has 0 bridgehead atoms. The number of nitrogens with zero attached hydrogens (tertiary/aromatic N) is 4. The van der Waals surface area contributed by atoms with Crippen LogP contribution in [0.5, 0.6) is 0 Å². The molecule has 2 heterocycles. The summed E-state index contributed by atoms with van der Waals surface area (Å²) in [4.78, 5) is 6.24. The molecule has 1 saturated carbocycles. The molecule has 174 valence electrons. The fraction of sp³-hybridized carbons (Fsp3) is 0.542. The molecule has 4 nitrogen and oxygen atoms in total. The topological polar surface area (TPSA) is 25.5 Å². The highest BCUT2D eigenvalue weighted by Crippen LogP contribution is 2.36. The largest absolute Gasteiger partial charge is 0.435 e. The minimum absolute atomic E-state index is 0.156. The van der Waals surface area contributed by atoms with E-state index < -0.39 is 11.9 Å². The number of rotatable bonds is 7. The molecule has 0 spiro atoms. The number of benzene rings is 1. The van der Waals surface area contributed by atoms with Crippen molar-refractivity contribution in [1.29, 1.82) is 0 Å². The predicted octanol–water partition coefficient (Wildman–Crippen LogP) is 6.73. The quantitative estimate of drug-likeness (QED) is 0.385. The van der Waals surface area contributed by atoms with Crippen LogP contribution in [0.25, 0.3) is 11.5 Å². The number of aryl methyl sites for hydroxylation is 3. The molecule has 1 aromatic carbocycles. The van der Waals surface area contributed by atoms with Crippen molar-refractivity contribution in [2.75, 3.05) is 13.1 Å². The summed E-state index contributed by atoms with van der Waals surface area (Å²) in [6.45, 7) is 9.72. The van der Waals surface area contributed by atoms with Crippen molar-refractivity contribution < 1.29 is 13.2 Å². The molecule has 3 aromatic rings. The van der Waals surface area contributed by atoms with Crippen molar-refractivity contribution in [1.82, 2.24) is 18.9 Å². The Morgan fingerprint density at radius 3 is 2.34 bits per heavy atom. The standard InChI is InChI=1S/C24H30ClF3N4/c1-5-9-30(12-18-7-6-8-18)13-19-22(24(26,27)28)29-23-31(19)14-20(25)32(23)21-16(3)10-15(2)11-17(21)4/h10-11,14,18H,5-9,12-13H2,1-4H3. The molecule has 2 aromatic heterocycles. The summed E-state index contributed by atoms with van der Waals surface area (Å²) >= 11 is 6.59. The van der Waals surface area contributed by atoms with Crippen LogP contribution in [0.3, 0.4) is 0 Å². The Kier molecular flexibility index (Phi) is 6.34. The van der Waals surface area contributed by atoms with E-state index >= 15 is 0 Å². The number of imidazole rings is 2. The van der Waals surface area contributed by atoms with E-state index in [0.717, 1.165) is 54.7 Å². The van der Waals surface area contributed by atoms with Crippen molar-refractivity contribution in [2.45, 2.75) is 66.1 Å². The zero-order valence-electron chi connectivity index (χ0n) is 19.1. The van der Waals surface area contributed by atoms with Crippen molar-refractivity contribution >= 4 is 17.4 Å². The maximum atomic E-state index is 14.0. The van der Waals surface area contributed by atoms with Crippen LogP contribution in [-0.2, 0) is 12.7 Å². The third-order valence-electron chi connectivity index (χ3n) is 6.42. The van der Waals surface area contributed by atoms with Gasteiger partial charge in [0.1, 0.15) is 5.15 Å². The molecule has 0 unspecified atom stereocenters. The molecular weight excluding hydrogens is 437 g/mol. The van der Waals surface area contributed by atoms with E-state index in [-0.39, 0.29) is 18.0 Å². The number of halogens is 4. The normalized spacial score (nSPS) is 15.2. The molecule has 0 N–H and O–H groups in total. The molecule has 1 fully saturated rings. The summed E-state index contributed by atoms with van der Waals surface area (Å²) in [6, 6.07) is 4.01. The molecule has 0 atom stereocenters. The summed E-state index contributed by atoms with van der Waals surface area (Å²) < 4.78 is 45.3. The van der Waals surface area contributed by atoms with Crippen LogP contribution in [-0.4, -0.2) is 31.9 Å². The van der Waals surface area contributed by atoms with E-state index in [9.17, 15) is 13.2 Å². The summed E-state index contributed by atoms with van der Waals surface area (Å²) in [5.41, 5.74) is 3.09. The molecule has 4 rings (SSSR count). The average molecular weight is 467 g/mol. The van der Waals surface area contributed by atoms with E-state index in [2.05, 4.69) is 16.8 Å². The van der Waals surface area contributed by atoms with Gasteiger partial charge in [-0.25, -0.2) is 4.98 Å². The zero-order chi connectivity index (χ0) is 23.2. The highest BCUT2D eigenvalue weighted by atomic mass is 35.5. The SMILES string of the molecule is CCCN(Cc1c(C(F)(F)F)nc2n(-c3c(C)cc(C)cc3C)c(Cl)cn12)CC1CCC1. The number of fused-ring (bicyclic) bond motifs is 1. The summed E-state index contributed by atoms with van der Waals surface area (Å²) in [7, 11) is 0. The van der Waals surface area contributed by atoms with Gasteiger partial charge in [-0.2, -0.15) is 13.2 Å².